The summed E-state index contributed by atoms with van der Waals surface area (Å²) in [6, 6.07) is 12.4. The molecule has 1 amide bonds. The molecule has 0 unspecified atom stereocenters. The molecule has 2 aliphatic heterocycles. The van der Waals surface area contributed by atoms with Gasteiger partial charge in [0.25, 0.3) is 5.91 Å². The lowest BCUT2D eigenvalue weighted by Gasteiger charge is -2.25. The zero-order valence-electron chi connectivity index (χ0n) is 17.5. The number of aromatic hydroxyl groups is 1. The molecule has 1 fully saturated rings. The Balaban J connectivity index is 1.45. The second-order valence-corrected chi connectivity index (χ2v) is 8.27. The van der Waals surface area contributed by atoms with Crippen molar-refractivity contribution in [3.05, 3.63) is 53.1 Å². The van der Waals surface area contributed by atoms with Crippen LogP contribution >= 0.6 is 0 Å². The minimum absolute atomic E-state index is 0.0181. The van der Waals surface area contributed by atoms with Crippen LogP contribution in [0.3, 0.4) is 0 Å². The van der Waals surface area contributed by atoms with Crippen LogP contribution in [-0.2, 0) is 11.2 Å². The van der Waals surface area contributed by atoms with E-state index in [1.54, 1.807) is 24.3 Å². The van der Waals surface area contributed by atoms with Crippen LogP contribution in [0.25, 0.3) is 0 Å². The first-order valence-electron chi connectivity index (χ1n) is 10.5. The standard InChI is InChI=1S/C24H24N4O4/c25-10-16-4-15(11-27-12-16)7-21(29)17-3-1-2-14(5-17)6-19(26)18-8-23-20(9-22(18)30)28-24(31)13-32-23/h1-3,5,8-9,15-16,26-27,30H,4,6-7,11-13H2,(H,28,31)/t15-,16+/m1/s1. The highest BCUT2D eigenvalue weighted by Crippen LogP contribution is 2.35. The van der Waals surface area contributed by atoms with Crippen LogP contribution < -0.4 is 15.4 Å². The number of nitrogens with zero attached hydrogens (tertiary/aromatic N) is 1. The second-order valence-electron chi connectivity index (χ2n) is 8.27. The van der Waals surface area contributed by atoms with Gasteiger partial charge in [-0.05, 0) is 36.6 Å². The maximum Gasteiger partial charge on any atom is 0.262 e. The van der Waals surface area contributed by atoms with E-state index in [1.807, 2.05) is 6.07 Å². The number of nitriles is 1. The lowest BCUT2D eigenvalue weighted by atomic mass is 9.86. The summed E-state index contributed by atoms with van der Waals surface area (Å²) in [5.74, 6) is 0.0788. The van der Waals surface area contributed by atoms with Crippen molar-refractivity contribution in [1.29, 1.82) is 10.7 Å². The van der Waals surface area contributed by atoms with Crippen LogP contribution in [0.2, 0.25) is 0 Å². The number of amides is 1. The van der Waals surface area contributed by atoms with Gasteiger partial charge in [-0.2, -0.15) is 5.26 Å². The highest BCUT2D eigenvalue weighted by atomic mass is 16.5. The Bertz CT molecular complexity index is 1120. The highest BCUT2D eigenvalue weighted by Gasteiger charge is 2.24. The summed E-state index contributed by atoms with van der Waals surface area (Å²) in [5, 5.41) is 33.8. The normalized spacial score (nSPS) is 19.8. The number of benzene rings is 2. The van der Waals surface area contributed by atoms with Gasteiger partial charge in [-0.3, -0.25) is 9.59 Å². The topological polar surface area (TPSA) is 135 Å². The molecule has 164 valence electrons. The van der Waals surface area contributed by atoms with Crippen molar-refractivity contribution in [1.82, 2.24) is 5.32 Å². The average Bonchev–Trinajstić information content (AvgIpc) is 2.78. The van der Waals surface area contributed by atoms with E-state index in [0.29, 0.717) is 35.5 Å². The summed E-state index contributed by atoms with van der Waals surface area (Å²) in [7, 11) is 0. The molecule has 1 saturated heterocycles. The number of ether oxygens (including phenoxy) is 1. The number of piperidine rings is 1. The Hall–Kier alpha value is -3.70. The number of phenolic OH excluding ortho intramolecular Hbond substituents is 1. The van der Waals surface area contributed by atoms with Gasteiger partial charge in [0.1, 0.15) is 11.5 Å². The summed E-state index contributed by atoms with van der Waals surface area (Å²) in [6.45, 7) is 1.29. The lowest BCUT2D eigenvalue weighted by molar-refractivity contribution is -0.118. The van der Waals surface area contributed by atoms with Crippen molar-refractivity contribution in [2.45, 2.75) is 19.3 Å². The van der Waals surface area contributed by atoms with Crippen LogP contribution in [0.5, 0.6) is 11.5 Å². The Morgan fingerprint density at radius 3 is 2.94 bits per heavy atom. The molecule has 0 aliphatic carbocycles. The summed E-state index contributed by atoms with van der Waals surface area (Å²) in [4.78, 5) is 24.2. The maximum atomic E-state index is 12.8. The van der Waals surface area contributed by atoms with Gasteiger partial charge in [-0.1, -0.05) is 18.2 Å². The maximum absolute atomic E-state index is 12.8. The minimum Gasteiger partial charge on any atom is -0.507 e. The van der Waals surface area contributed by atoms with E-state index in [1.165, 1.54) is 6.07 Å². The highest BCUT2D eigenvalue weighted by molar-refractivity contribution is 6.04. The number of nitrogens with one attached hydrogen (secondary N) is 3. The third kappa shape index (κ3) is 4.79. The van der Waals surface area contributed by atoms with Crippen LogP contribution in [0.4, 0.5) is 5.69 Å². The predicted octanol–water partition coefficient (Wildman–Crippen LogP) is 2.66. The third-order valence-electron chi connectivity index (χ3n) is 5.78. The van der Waals surface area contributed by atoms with Crippen LogP contribution in [0.15, 0.2) is 36.4 Å². The predicted molar refractivity (Wildman–Crippen MR) is 118 cm³/mol. The van der Waals surface area contributed by atoms with E-state index in [9.17, 15) is 14.7 Å². The SMILES string of the molecule is N#C[C@H]1CNC[C@@H](CC(=O)c2cccc(CC(=N)c3cc4c(cc3O)NC(=O)CO4)c2)C1. The molecule has 0 aromatic heterocycles. The number of anilines is 1. The average molecular weight is 432 g/mol. The number of hydrogen-bond acceptors (Lipinski definition) is 7. The molecule has 32 heavy (non-hydrogen) atoms. The van der Waals surface area contributed by atoms with Crippen molar-refractivity contribution in [2.24, 2.45) is 11.8 Å². The number of fused-ring (bicyclic) bond motifs is 1. The Kier molecular flexibility index (Phi) is 6.19. The molecule has 8 nitrogen and oxygen atoms in total. The van der Waals surface area contributed by atoms with Crippen molar-refractivity contribution < 1.29 is 19.4 Å². The molecule has 2 atom stereocenters. The van der Waals surface area contributed by atoms with Gasteiger partial charge >= 0.3 is 0 Å². The first-order valence-corrected chi connectivity index (χ1v) is 10.5. The molecular weight excluding hydrogens is 408 g/mol. The molecule has 4 rings (SSSR count). The molecular formula is C24H24N4O4. The van der Waals surface area contributed by atoms with Gasteiger partial charge in [-0.15, -0.1) is 0 Å². The van der Waals surface area contributed by atoms with Gasteiger partial charge in [0.15, 0.2) is 12.4 Å². The number of hydrogen-bond donors (Lipinski definition) is 4. The summed E-state index contributed by atoms with van der Waals surface area (Å²) >= 11 is 0. The van der Waals surface area contributed by atoms with Gasteiger partial charge in [-0.25, -0.2) is 0 Å². The zero-order chi connectivity index (χ0) is 22.7. The fourth-order valence-electron chi connectivity index (χ4n) is 4.18. The van der Waals surface area contributed by atoms with E-state index >= 15 is 0 Å². The van der Waals surface area contributed by atoms with Gasteiger partial charge in [0.05, 0.1) is 17.7 Å². The van der Waals surface area contributed by atoms with Gasteiger partial charge in [0.2, 0.25) is 0 Å². The molecule has 4 N–H and O–H groups in total. The molecule has 0 spiro atoms. The van der Waals surface area contributed by atoms with Crippen LogP contribution in [-0.4, -0.2) is 42.2 Å². The van der Waals surface area contributed by atoms with E-state index in [0.717, 1.165) is 18.5 Å². The number of phenols is 1. The monoisotopic (exact) mass is 432 g/mol. The number of Topliss-reactive ketones (excluding diaryl/α,β-unsaturated/α-hetero) is 1. The van der Waals surface area contributed by atoms with Crippen molar-refractivity contribution in [2.75, 3.05) is 25.0 Å². The second kappa shape index (κ2) is 9.20. The fraction of sp³-hybridized carbons (Fsp3) is 0.333. The Morgan fingerprint density at radius 1 is 1.28 bits per heavy atom. The smallest absolute Gasteiger partial charge is 0.262 e. The zero-order valence-corrected chi connectivity index (χ0v) is 17.5. The molecule has 2 aromatic carbocycles. The van der Waals surface area contributed by atoms with Crippen LogP contribution in [0.1, 0.15) is 34.3 Å². The van der Waals surface area contributed by atoms with Gasteiger partial charge in [0, 0.05) is 42.3 Å². The third-order valence-corrected chi connectivity index (χ3v) is 5.78. The molecule has 2 aromatic rings. The van der Waals surface area contributed by atoms with Crippen molar-refractivity contribution >= 4 is 23.1 Å². The molecule has 2 aliphatic rings. The summed E-state index contributed by atoms with van der Waals surface area (Å²) in [5.41, 5.74) is 2.22. The molecule has 8 heteroatoms. The largest absolute Gasteiger partial charge is 0.507 e. The molecule has 0 radical (unpaired) electrons. The minimum atomic E-state index is -0.298. The van der Waals surface area contributed by atoms with Crippen LogP contribution in [0, 0.1) is 28.6 Å². The number of carbonyl (C=O) groups excluding carboxylic acids is 2. The number of rotatable bonds is 6. The quantitative estimate of drug-likeness (QED) is 0.409. The Morgan fingerprint density at radius 2 is 2.12 bits per heavy atom. The van der Waals surface area contributed by atoms with E-state index < -0.39 is 0 Å². The van der Waals surface area contributed by atoms with Crippen molar-refractivity contribution in [3.8, 4) is 17.6 Å². The molecule has 0 bridgehead atoms. The molecule has 0 saturated carbocycles. The number of ketones is 1. The Labute approximate surface area is 185 Å². The summed E-state index contributed by atoms with van der Waals surface area (Å²) < 4.78 is 5.38. The van der Waals surface area contributed by atoms with E-state index in [4.69, 9.17) is 15.4 Å². The van der Waals surface area contributed by atoms with E-state index in [-0.39, 0.29) is 48.0 Å². The van der Waals surface area contributed by atoms with Gasteiger partial charge < -0.3 is 25.9 Å². The van der Waals surface area contributed by atoms with Crippen molar-refractivity contribution in [3.63, 3.8) is 0 Å². The lowest BCUT2D eigenvalue weighted by Crippen LogP contribution is -2.36. The summed E-state index contributed by atoms with van der Waals surface area (Å²) in [6.07, 6.45) is 1.32. The fourth-order valence-corrected chi connectivity index (χ4v) is 4.18. The molecule has 2 heterocycles. The number of carbonyl (C=O) groups is 2. The first-order chi connectivity index (χ1) is 15.4. The van der Waals surface area contributed by atoms with E-state index in [2.05, 4.69) is 16.7 Å². The first kappa shape index (κ1) is 21.5.